The summed E-state index contributed by atoms with van der Waals surface area (Å²) in [7, 11) is 1.66. The van der Waals surface area contributed by atoms with Gasteiger partial charge in [-0.15, -0.1) is 0 Å². The first-order valence-corrected chi connectivity index (χ1v) is 6.99. The molecule has 19 heavy (non-hydrogen) atoms. The molecule has 0 radical (unpaired) electrons. The zero-order valence-electron chi connectivity index (χ0n) is 11.9. The molecule has 0 aromatic heterocycles. The molecule has 1 fully saturated rings. The SMILES string of the molecule is COc1ccc([C@H](C)N)c(OCCN2CCCC2)c1. The molecule has 0 bridgehead atoms. The number of nitrogens with zero attached hydrogens (tertiary/aromatic N) is 1. The van der Waals surface area contributed by atoms with Crippen LogP contribution in [0.15, 0.2) is 18.2 Å². The molecule has 0 amide bonds. The summed E-state index contributed by atoms with van der Waals surface area (Å²) < 4.78 is 11.1. The highest BCUT2D eigenvalue weighted by atomic mass is 16.5. The Hall–Kier alpha value is -1.26. The van der Waals surface area contributed by atoms with Crippen molar-refractivity contribution in [3.63, 3.8) is 0 Å². The van der Waals surface area contributed by atoms with Crippen molar-refractivity contribution < 1.29 is 9.47 Å². The molecule has 0 aliphatic carbocycles. The molecule has 0 spiro atoms. The largest absolute Gasteiger partial charge is 0.497 e. The number of hydrogen-bond acceptors (Lipinski definition) is 4. The highest BCUT2D eigenvalue weighted by molar-refractivity contribution is 5.42. The quantitative estimate of drug-likeness (QED) is 0.855. The van der Waals surface area contributed by atoms with E-state index in [4.69, 9.17) is 15.2 Å². The van der Waals surface area contributed by atoms with Crippen molar-refractivity contribution in [1.29, 1.82) is 0 Å². The number of methoxy groups -OCH3 is 1. The van der Waals surface area contributed by atoms with Crippen molar-refractivity contribution in [3.8, 4) is 11.5 Å². The topological polar surface area (TPSA) is 47.7 Å². The Labute approximate surface area is 115 Å². The third-order valence-corrected chi connectivity index (χ3v) is 3.58. The van der Waals surface area contributed by atoms with Crippen LogP contribution in [0.2, 0.25) is 0 Å². The van der Waals surface area contributed by atoms with Crippen molar-refractivity contribution in [2.24, 2.45) is 5.73 Å². The van der Waals surface area contributed by atoms with E-state index in [1.165, 1.54) is 25.9 Å². The lowest BCUT2D eigenvalue weighted by molar-refractivity contribution is 0.235. The van der Waals surface area contributed by atoms with Gasteiger partial charge in [-0.3, -0.25) is 4.90 Å². The van der Waals surface area contributed by atoms with Crippen LogP contribution >= 0.6 is 0 Å². The Bertz CT molecular complexity index is 401. The predicted octanol–water partition coefficient (Wildman–Crippen LogP) is 2.19. The molecule has 1 atom stereocenters. The number of hydrogen-bond donors (Lipinski definition) is 1. The summed E-state index contributed by atoms with van der Waals surface area (Å²) in [5, 5.41) is 0. The molecule has 1 heterocycles. The molecule has 1 aliphatic heterocycles. The minimum Gasteiger partial charge on any atom is -0.497 e. The van der Waals surface area contributed by atoms with Gasteiger partial charge in [-0.25, -0.2) is 0 Å². The first-order chi connectivity index (χ1) is 9.20. The van der Waals surface area contributed by atoms with Gasteiger partial charge in [-0.1, -0.05) is 6.07 Å². The van der Waals surface area contributed by atoms with E-state index in [0.717, 1.165) is 23.6 Å². The molecule has 0 saturated carbocycles. The number of nitrogens with two attached hydrogens (primary N) is 1. The van der Waals surface area contributed by atoms with Gasteiger partial charge in [0.15, 0.2) is 0 Å². The van der Waals surface area contributed by atoms with Gasteiger partial charge in [-0.2, -0.15) is 0 Å². The average molecular weight is 264 g/mol. The lowest BCUT2D eigenvalue weighted by Gasteiger charge is -2.18. The zero-order valence-corrected chi connectivity index (χ0v) is 11.9. The Morgan fingerprint density at radius 1 is 1.32 bits per heavy atom. The maximum absolute atomic E-state index is 5.97. The lowest BCUT2D eigenvalue weighted by Crippen LogP contribution is -2.25. The molecule has 1 saturated heterocycles. The second-order valence-electron chi connectivity index (χ2n) is 5.09. The van der Waals surface area contributed by atoms with Crippen molar-refractivity contribution in [3.05, 3.63) is 23.8 Å². The van der Waals surface area contributed by atoms with E-state index in [1.54, 1.807) is 7.11 Å². The maximum atomic E-state index is 5.97. The van der Waals surface area contributed by atoms with Crippen LogP contribution in [0.5, 0.6) is 11.5 Å². The van der Waals surface area contributed by atoms with Crippen molar-refractivity contribution >= 4 is 0 Å². The Morgan fingerprint density at radius 3 is 2.68 bits per heavy atom. The van der Waals surface area contributed by atoms with Gasteiger partial charge < -0.3 is 15.2 Å². The summed E-state index contributed by atoms with van der Waals surface area (Å²) in [6, 6.07) is 5.79. The highest BCUT2D eigenvalue weighted by Crippen LogP contribution is 2.28. The van der Waals surface area contributed by atoms with Crippen LogP contribution in [0.25, 0.3) is 0 Å². The predicted molar refractivity (Wildman–Crippen MR) is 76.8 cm³/mol. The molecule has 0 unspecified atom stereocenters. The average Bonchev–Trinajstić information content (AvgIpc) is 2.91. The van der Waals surface area contributed by atoms with Crippen molar-refractivity contribution in [1.82, 2.24) is 4.90 Å². The van der Waals surface area contributed by atoms with Crippen LogP contribution in [0.4, 0.5) is 0 Å². The summed E-state index contributed by atoms with van der Waals surface area (Å²) in [6.45, 7) is 6.04. The number of benzene rings is 1. The van der Waals surface area contributed by atoms with E-state index in [1.807, 2.05) is 25.1 Å². The van der Waals surface area contributed by atoms with E-state index in [0.29, 0.717) is 6.61 Å². The molecule has 1 aliphatic rings. The van der Waals surface area contributed by atoms with E-state index in [2.05, 4.69) is 4.90 Å². The number of rotatable bonds is 6. The second kappa shape index (κ2) is 6.78. The highest BCUT2D eigenvalue weighted by Gasteiger charge is 2.13. The van der Waals surface area contributed by atoms with Crippen LogP contribution in [-0.2, 0) is 0 Å². The molecule has 106 valence electrons. The molecule has 4 heteroatoms. The first-order valence-electron chi connectivity index (χ1n) is 6.99. The molecular weight excluding hydrogens is 240 g/mol. The van der Waals surface area contributed by atoms with Gasteiger partial charge in [-0.05, 0) is 38.9 Å². The normalized spacial score (nSPS) is 17.4. The van der Waals surface area contributed by atoms with Gasteiger partial charge in [0.25, 0.3) is 0 Å². The van der Waals surface area contributed by atoms with Gasteiger partial charge in [0.2, 0.25) is 0 Å². The molecule has 2 rings (SSSR count). The standard InChI is InChI=1S/C15H24N2O2/c1-12(16)14-6-5-13(18-2)11-15(14)19-10-9-17-7-3-4-8-17/h5-6,11-12H,3-4,7-10,16H2,1-2H3/t12-/m0/s1. The second-order valence-corrected chi connectivity index (χ2v) is 5.09. The summed E-state index contributed by atoms with van der Waals surface area (Å²) in [5.41, 5.74) is 7.00. The van der Waals surface area contributed by atoms with Crippen LogP contribution in [0.3, 0.4) is 0 Å². The van der Waals surface area contributed by atoms with Gasteiger partial charge in [0.05, 0.1) is 7.11 Å². The molecule has 4 nitrogen and oxygen atoms in total. The fourth-order valence-electron chi connectivity index (χ4n) is 2.43. The van der Waals surface area contributed by atoms with Crippen LogP contribution in [0.1, 0.15) is 31.4 Å². The zero-order chi connectivity index (χ0) is 13.7. The molecule has 1 aromatic rings. The van der Waals surface area contributed by atoms with Gasteiger partial charge >= 0.3 is 0 Å². The first kappa shape index (κ1) is 14.2. The van der Waals surface area contributed by atoms with E-state index in [-0.39, 0.29) is 6.04 Å². The third-order valence-electron chi connectivity index (χ3n) is 3.58. The Morgan fingerprint density at radius 2 is 2.05 bits per heavy atom. The van der Waals surface area contributed by atoms with Crippen LogP contribution in [0, 0.1) is 0 Å². The van der Waals surface area contributed by atoms with Crippen LogP contribution < -0.4 is 15.2 Å². The number of likely N-dealkylation sites (tertiary alicyclic amines) is 1. The molecule has 1 aromatic carbocycles. The maximum Gasteiger partial charge on any atom is 0.127 e. The smallest absolute Gasteiger partial charge is 0.127 e. The lowest BCUT2D eigenvalue weighted by atomic mass is 10.1. The summed E-state index contributed by atoms with van der Waals surface area (Å²) in [4.78, 5) is 2.44. The minimum atomic E-state index is -0.0345. The third kappa shape index (κ3) is 3.85. The van der Waals surface area contributed by atoms with E-state index < -0.39 is 0 Å². The van der Waals surface area contributed by atoms with Crippen molar-refractivity contribution in [2.45, 2.75) is 25.8 Å². The minimum absolute atomic E-state index is 0.0345. The molecular formula is C15H24N2O2. The molecule has 2 N–H and O–H groups in total. The van der Waals surface area contributed by atoms with Crippen LogP contribution in [-0.4, -0.2) is 38.3 Å². The van der Waals surface area contributed by atoms with E-state index in [9.17, 15) is 0 Å². The Kier molecular flexibility index (Phi) is 5.05. The summed E-state index contributed by atoms with van der Waals surface area (Å²) >= 11 is 0. The summed E-state index contributed by atoms with van der Waals surface area (Å²) in [6.07, 6.45) is 2.62. The fourth-order valence-corrected chi connectivity index (χ4v) is 2.43. The summed E-state index contributed by atoms with van der Waals surface area (Å²) in [5.74, 6) is 1.65. The van der Waals surface area contributed by atoms with Crippen molar-refractivity contribution in [2.75, 3.05) is 33.4 Å². The van der Waals surface area contributed by atoms with Gasteiger partial charge in [0.1, 0.15) is 18.1 Å². The van der Waals surface area contributed by atoms with E-state index >= 15 is 0 Å². The van der Waals surface area contributed by atoms with Gasteiger partial charge in [0, 0.05) is 24.2 Å². The Balaban J connectivity index is 1.96. The monoisotopic (exact) mass is 264 g/mol. The fraction of sp³-hybridized carbons (Fsp3) is 0.600. The number of ether oxygens (including phenoxy) is 2.